The molecule has 0 aromatic rings. The van der Waals surface area contributed by atoms with E-state index in [1.807, 2.05) is 0 Å². The van der Waals surface area contributed by atoms with Gasteiger partial charge in [-0.1, -0.05) is 19.3 Å². The molecule has 1 saturated heterocycles. The molecular formula is C15H28N2O2. The third-order valence-corrected chi connectivity index (χ3v) is 4.71. The lowest BCUT2D eigenvalue weighted by Gasteiger charge is -2.43. The van der Waals surface area contributed by atoms with Crippen molar-refractivity contribution in [1.29, 1.82) is 0 Å². The largest absolute Gasteiger partial charge is 0.384 e. The molecule has 4 nitrogen and oxygen atoms in total. The predicted octanol–water partition coefficient (Wildman–Crippen LogP) is 1.94. The Bertz CT molecular complexity index is 282. The third-order valence-electron chi connectivity index (χ3n) is 4.71. The number of nitrogens with zero attached hydrogens (tertiary/aromatic N) is 1. The van der Waals surface area contributed by atoms with Crippen LogP contribution in [-0.4, -0.2) is 49.7 Å². The molecule has 110 valence electrons. The second-order valence-corrected chi connectivity index (χ2v) is 6.00. The van der Waals surface area contributed by atoms with Gasteiger partial charge in [0.1, 0.15) is 0 Å². The van der Waals surface area contributed by atoms with E-state index in [9.17, 15) is 4.79 Å². The molecule has 1 N–H and O–H groups in total. The maximum absolute atomic E-state index is 11.8. The molecule has 2 fully saturated rings. The van der Waals surface area contributed by atoms with E-state index in [0.29, 0.717) is 13.0 Å². The Hall–Kier alpha value is -0.610. The summed E-state index contributed by atoms with van der Waals surface area (Å²) < 4.78 is 4.95. The smallest absolute Gasteiger partial charge is 0.222 e. The normalized spacial score (nSPS) is 23.4. The average Bonchev–Trinajstić information content (AvgIpc) is 2.94. The van der Waals surface area contributed by atoms with E-state index in [0.717, 1.165) is 6.54 Å². The number of rotatable bonds is 6. The zero-order valence-electron chi connectivity index (χ0n) is 12.2. The van der Waals surface area contributed by atoms with Crippen molar-refractivity contribution in [2.45, 2.75) is 56.9 Å². The van der Waals surface area contributed by atoms with E-state index in [2.05, 4.69) is 10.2 Å². The van der Waals surface area contributed by atoms with Gasteiger partial charge in [-0.25, -0.2) is 0 Å². The molecule has 1 saturated carbocycles. The van der Waals surface area contributed by atoms with Gasteiger partial charge in [0.15, 0.2) is 0 Å². The van der Waals surface area contributed by atoms with Crippen molar-refractivity contribution in [3.63, 3.8) is 0 Å². The minimum absolute atomic E-state index is 0.130. The van der Waals surface area contributed by atoms with Crippen molar-refractivity contribution < 1.29 is 9.53 Å². The fourth-order valence-electron chi connectivity index (χ4n) is 3.55. The number of amides is 1. The first-order chi connectivity index (χ1) is 9.27. The van der Waals surface area contributed by atoms with Crippen LogP contribution in [0, 0.1) is 0 Å². The molecule has 0 aromatic heterocycles. The topological polar surface area (TPSA) is 41.6 Å². The van der Waals surface area contributed by atoms with Crippen LogP contribution in [0.25, 0.3) is 0 Å². The molecule has 2 rings (SSSR count). The highest BCUT2D eigenvalue weighted by Crippen LogP contribution is 2.36. The van der Waals surface area contributed by atoms with Crippen molar-refractivity contribution in [2.24, 2.45) is 0 Å². The Kier molecular flexibility index (Phi) is 5.64. The molecule has 1 heterocycles. The number of carbonyl (C=O) groups is 1. The quantitative estimate of drug-likeness (QED) is 0.800. The molecule has 2 aliphatic rings. The second kappa shape index (κ2) is 7.25. The molecule has 1 aliphatic carbocycles. The second-order valence-electron chi connectivity index (χ2n) is 6.00. The van der Waals surface area contributed by atoms with Gasteiger partial charge in [0.05, 0.1) is 6.61 Å². The van der Waals surface area contributed by atoms with Gasteiger partial charge in [0.25, 0.3) is 0 Å². The van der Waals surface area contributed by atoms with Crippen LogP contribution in [0.2, 0.25) is 0 Å². The highest BCUT2D eigenvalue weighted by atomic mass is 16.5. The van der Waals surface area contributed by atoms with Crippen molar-refractivity contribution in [2.75, 3.05) is 33.4 Å². The number of ether oxygens (including phenoxy) is 1. The lowest BCUT2D eigenvalue weighted by Crippen LogP contribution is -2.55. The summed E-state index contributed by atoms with van der Waals surface area (Å²) in [6, 6.07) is 0. The van der Waals surface area contributed by atoms with E-state index in [1.54, 1.807) is 7.11 Å². The molecule has 0 unspecified atom stereocenters. The van der Waals surface area contributed by atoms with Crippen molar-refractivity contribution in [3.05, 3.63) is 0 Å². The Morgan fingerprint density at radius 2 is 1.84 bits per heavy atom. The summed E-state index contributed by atoms with van der Waals surface area (Å²) in [5.74, 6) is 0.130. The summed E-state index contributed by atoms with van der Waals surface area (Å²) >= 11 is 0. The van der Waals surface area contributed by atoms with Gasteiger partial charge in [0.2, 0.25) is 5.91 Å². The fraction of sp³-hybridized carbons (Fsp3) is 0.933. The minimum Gasteiger partial charge on any atom is -0.384 e. The lowest BCUT2D eigenvalue weighted by atomic mass is 9.92. The third kappa shape index (κ3) is 3.93. The summed E-state index contributed by atoms with van der Waals surface area (Å²) in [5, 5.41) is 3.14. The minimum atomic E-state index is 0.130. The molecule has 19 heavy (non-hydrogen) atoms. The zero-order valence-corrected chi connectivity index (χ0v) is 12.2. The SMILES string of the molecule is COCCC(=O)NCC1(N2CCCCC2)CCCC1. The predicted molar refractivity (Wildman–Crippen MR) is 76.1 cm³/mol. The van der Waals surface area contributed by atoms with Crippen LogP contribution >= 0.6 is 0 Å². The first-order valence-electron chi connectivity index (χ1n) is 7.77. The van der Waals surface area contributed by atoms with E-state index in [4.69, 9.17) is 4.74 Å². The Morgan fingerprint density at radius 3 is 2.47 bits per heavy atom. The fourth-order valence-corrected chi connectivity index (χ4v) is 3.55. The Balaban J connectivity index is 1.86. The standard InChI is InChI=1S/C15H28N2O2/c1-19-12-7-14(18)16-13-15(8-3-4-9-15)17-10-5-2-6-11-17/h2-13H2,1H3,(H,16,18). The molecule has 0 spiro atoms. The molecule has 0 bridgehead atoms. The number of piperidine rings is 1. The van der Waals surface area contributed by atoms with Crippen LogP contribution in [0.5, 0.6) is 0 Å². The maximum Gasteiger partial charge on any atom is 0.222 e. The summed E-state index contributed by atoms with van der Waals surface area (Å²) in [6.45, 7) is 3.78. The van der Waals surface area contributed by atoms with Gasteiger partial charge in [-0.15, -0.1) is 0 Å². The van der Waals surface area contributed by atoms with Gasteiger partial charge in [0, 0.05) is 25.6 Å². The lowest BCUT2D eigenvalue weighted by molar-refractivity contribution is -0.122. The van der Waals surface area contributed by atoms with Crippen LogP contribution in [-0.2, 0) is 9.53 Å². The van der Waals surface area contributed by atoms with Crippen LogP contribution < -0.4 is 5.32 Å². The van der Waals surface area contributed by atoms with E-state index in [-0.39, 0.29) is 11.4 Å². The summed E-state index contributed by atoms with van der Waals surface area (Å²) in [4.78, 5) is 14.4. The average molecular weight is 268 g/mol. The van der Waals surface area contributed by atoms with Crippen LogP contribution in [0.4, 0.5) is 0 Å². The van der Waals surface area contributed by atoms with Crippen LogP contribution in [0.3, 0.4) is 0 Å². The van der Waals surface area contributed by atoms with Gasteiger partial charge < -0.3 is 10.1 Å². The molecule has 0 aromatic carbocycles. The highest BCUT2D eigenvalue weighted by molar-refractivity contribution is 5.76. The Morgan fingerprint density at radius 1 is 1.16 bits per heavy atom. The first kappa shape index (κ1) is 14.8. The molecule has 4 heteroatoms. The number of likely N-dealkylation sites (tertiary alicyclic amines) is 1. The van der Waals surface area contributed by atoms with Gasteiger partial charge in [-0.2, -0.15) is 0 Å². The number of methoxy groups -OCH3 is 1. The Labute approximate surface area is 116 Å². The van der Waals surface area contributed by atoms with Gasteiger partial charge >= 0.3 is 0 Å². The van der Waals surface area contributed by atoms with E-state index >= 15 is 0 Å². The van der Waals surface area contributed by atoms with Crippen LogP contribution in [0.1, 0.15) is 51.4 Å². The maximum atomic E-state index is 11.8. The van der Waals surface area contributed by atoms with Crippen molar-refractivity contribution in [3.8, 4) is 0 Å². The van der Waals surface area contributed by atoms with Gasteiger partial charge in [-0.05, 0) is 38.8 Å². The molecule has 0 atom stereocenters. The van der Waals surface area contributed by atoms with Gasteiger partial charge in [-0.3, -0.25) is 9.69 Å². The number of hydrogen-bond donors (Lipinski definition) is 1. The van der Waals surface area contributed by atoms with Crippen LogP contribution in [0.15, 0.2) is 0 Å². The summed E-state index contributed by atoms with van der Waals surface area (Å²) in [5.41, 5.74) is 0.253. The van der Waals surface area contributed by atoms with Crippen molar-refractivity contribution >= 4 is 5.91 Å². The summed E-state index contributed by atoms with van der Waals surface area (Å²) in [7, 11) is 1.64. The number of nitrogens with one attached hydrogen (secondary N) is 1. The monoisotopic (exact) mass is 268 g/mol. The first-order valence-corrected chi connectivity index (χ1v) is 7.77. The highest BCUT2D eigenvalue weighted by Gasteiger charge is 2.39. The molecule has 0 radical (unpaired) electrons. The summed E-state index contributed by atoms with van der Waals surface area (Å²) in [6.07, 6.45) is 9.60. The zero-order chi connectivity index (χ0) is 13.6. The number of hydrogen-bond acceptors (Lipinski definition) is 3. The molecular weight excluding hydrogens is 240 g/mol. The molecule has 1 amide bonds. The van der Waals surface area contributed by atoms with Crippen molar-refractivity contribution in [1.82, 2.24) is 10.2 Å². The van der Waals surface area contributed by atoms with E-state index < -0.39 is 0 Å². The molecule has 1 aliphatic heterocycles. The van der Waals surface area contributed by atoms with E-state index in [1.165, 1.54) is 58.0 Å². The number of carbonyl (C=O) groups excluding carboxylic acids is 1.